The van der Waals surface area contributed by atoms with Crippen LogP contribution in [-0.2, 0) is 9.53 Å². The molecule has 5 heteroatoms. The fourth-order valence-electron chi connectivity index (χ4n) is 9.34. The minimum atomic E-state index is -0.356. The van der Waals surface area contributed by atoms with Crippen molar-refractivity contribution in [2.45, 2.75) is 71.6 Å². The number of carbonyl (C=O) groups excluding carboxylic acids is 1. The topological polar surface area (TPSA) is 64.3 Å². The first-order valence-electron chi connectivity index (χ1n) is 13.6. The van der Waals surface area contributed by atoms with Gasteiger partial charge in [-0.1, -0.05) is 20.3 Å². The molecule has 4 fully saturated rings. The van der Waals surface area contributed by atoms with Gasteiger partial charge in [-0.3, -0.25) is 4.79 Å². The summed E-state index contributed by atoms with van der Waals surface area (Å²) in [5, 5.41) is 3.19. The largest absolute Gasteiger partial charge is 0.397 e. The number of hydrogen-bond acceptors (Lipinski definition) is 4. The number of nitrogens with two attached hydrogens (primary N) is 1. The van der Waals surface area contributed by atoms with Gasteiger partial charge in [0.2, 0.25) is 0 Å². The first kappa shape index (κ1) is 24.1. The van der Waals surface area contributed by atoms with Gasteiger partial charge in [0, 0.05) is 13.0 Å². The van der Waals surface area contributed by atoms with E-state index in [1.807, 2.05) is 7.11 Å². The Hall–Kier alpha value is -1.62. The summed E-state index contributed by atoms with van der Waals surface area (Å²) in [6.45, 7) is 6.03. The van der Waals surface area contributed by atoms with Crippen LogP contribution in [-0.4, -0.2) is 26.0 Å². The molecule has 0 bridgehead atoms. The molecule has 0 saturated heterocycles. The maximum atomic E-state index is 13.4. The summed E-state index contributed by atoms with van der Waals surface area (Å²) in [5.74, 6) is 3.83. The zero-order chi connectivity index (χ0) is 24.1. The Bertz CT molecular complexity index is 921. The maximum absolute atomic E-state index is 13.4. The number of Topliss-reactive ketones (excluding diaryl/α,β-unsaturated/α-hetero) is 1. The van der Waals surface area contributed by atoms with Crippen LogP contribution in [0, 0.1) is 52.2 Å². The highest BCUT2D eigenvalue weighted by Crippen LogP contribution is 2.68. The normalized spacial score (nSPS) is 41.3. The third kappa shape index (κ3) is 3.86. The monoisotopic (exact) mass is 470 g/mol. The molecule has 4 nitrogen and oxygen atoms in total. The molecule has 5 rings (SSSR count). The van der Waals surface area contributed by atoms with Gasteiger partial charge in [0.05, 0.1) is 24.5 Å². The molecule has 0 aliphatic heterocycles. The van der Waals surface area contributed by atoms with E-state index in [0.29, 0.717) is 28.5 Å². The van der Waals surface area contributed by atoms with Crippen molar-refractivity contribution in [1.29, 1.82) is 0 Å². The molecule has 34 heavy (non-hydrogen) atoms. The Kier molecular flexibility index (Phi) is 6.46. The molecule has 1 aromatic carbocycles. The van der Waals surface area contributed by atoms with Crippen LogP contribution in [0.3, 0.4) is 0 Å². The van der Waals surface area contributed by atoms with Gasteiger partial charge in [-0.05, 0) is 110 Å². The molecule has 188 valence electrons. The number of ether oxygens (including phenoxy) is 1. The van der Waals surface area contributed by atoms with Crippen LogP contribution < -0.4 is 11.1 Å². The van der Waals surface area contributed by atoms with E-state index in [1.165, 1.54) is 57.1 Å². The van der Waals surface area contributed by atoms with Crippen LogP contribution in [0.4, 0.5) is 15.8 Å². The van der Waals surface area contributed by atoms with Gasteiger partial charge in [0.1, 0.15) is 5.82 Å². The molecular formula is C29H43FN2O2. The Morgan fingerprint density at radius 3 is 2.74 bits per heavy atom. The number of ketones is 1. The molecule has 0 amide bonds. The predicted molar refractivity (Wildman–Crippen MR) is 135 cm³/mol. The summed E-state index contributed by atoms with van der Waals surface area (Å²) in [6, 6.07) is 4.32. The van der Waals surface area contributed by atoms with Crippen molar-refractivity contribution < 1.29 is 13.9 Å². The second-order valence-electron chi connectivity index (χ2n) is 12.4. The molecule has 7 unspecified atom stereocenters. The molecule has 8 atom stereocenters. The van der Waals surface area contributed by atoms with E-state index in [4.69, 9.17) is 10.5 Å². The molecule has 0 heterocycles. The summed E-state index contributed by atoms with van der Waals surface area (Å²) in [4.78, 5) is 13.4. The number of hydrogen-bond donors (Lipinski definition) is 2. The summed E-state index contributed by atoms with van der Waals surface area (Å²) < 4.78 is 19.3. The van der Waals surface area contributed by atoms with Crippen molar-refractivity contribution in [3.05, 3.63) is 24.0 Å². The summed E-state index contributed by atoms with van der Waals surface area (Å²) in [5.41, 5.74) is 7.39. The smallest absolute Gasteiger partial charge is 0.155 e. The van der Waals surface area contributed by atoms with Crippen LogP contribution in [0.25, 0.3) is 0 Å². The van der Waals surface area contributed by atoms with E-state index < -0.39 is 0 Å². The minimum Gasteiger partial charge on any atom is -0.397 e. The van der Waals surface area contributed by atoms with Crippen molar-refractivity contribution in [3.8, 4) is 0 Å². The van der Waals surface area contributed by atoms with Gasteiger partial charge < -0.3 is 15.8 Å². The van der Waals surface area contributed by atoms with Crippen LogP contribution >= 0.6 is 0 Å². The Morgan fingerprint density at radius 1 is 1.15 bits per heavy atom. The van der Waals surface area contributed by atoms with Crippen LogP contribution in [0.2, 0.25) is 0 Å². The summed E-state index contributed by atoms with van der Waals surface area (Å²) >= 11 is 0. The van der Waals surface area contributed by atoms with Gasteiger partial charge in [-0.25, -0.2) is 4.39 Å². The third-order valence-corrected chi connectivity index (χ3v) is 10.9. The number of nitrogen functional groups attached to an aromatic ring is 1. The standard InChI is InChI=1S/C29H43FN2O2/c1-18-10-13-29(17-34-3)19(14-18)4-6-21-22-7-8-24(28(22,2)12-11-23(21)29)27(33)16-32-26-9-5-20(30)15-25(26)31/h5,9,15,18-19,21-24,32H,4,6-8,10-14,16-17,31H2,1-3H3/t18?,19?,21?,22?,23?,24-,28?,29?/m1/s1. The summed E-state index contributed by atoms with van der Waals surface area (Å²) in [7, 11) is 1.89. The SMILES string of the molecule is COCC12CCC(C)CC1CCC1C2CCC2(C)C1CC[C@@H]2C(=O)CNc1ccc(F)cc1N. The highest BCUT2D eigenvalue weighted by Gasteiger charge is 2.62. The van der Waals surface area contributed by atoms with E-state index in [-0.39, 0.29) is 23.7 Å². The molecule has 1 aromatic rings. The van der Waals surface area contributed by atoms with Gasteiger partial charge in [0.15, 0.2) is 5.78 Å². The first-order valence-corrected chi connectivity index (χ1v) is 13.6. The fourth-order valence-corrected chi connectivity index (χ4v) is 9.34. The molecule has 4 aliphatic carbocycles. The van der Waals surface area contributed by atoms with E-state index in [1.54, 1.807) is 6.07 Å². The zero-order valence-corrected chi connectivity index (χ0v) is 21.2. The average Bonchev–Trinajstić information content (AvgIpc) is 3.16. The number of fused-ring (bicyclic) bond motifs is 5. The second kappa shape index (κ2) is 9.11. The predicted octanol–water partition coefficient (Wildman–Crippen LogP) is 6.31. The van der Waals surface area contributed by atoms with Crippen molar-refractivity contribution in [1.82, 2.24) is 0 Å². The van der Waals surface area contributed by atoms with E-state index in [0.717, 1.165) is 43.1 Å². The van der Waals surface area contributed by atoms with Gasteiger partial charge >= 0.3 is 0 Å². The number of nitrogens with one attached hydrogen (secondary N) is 1. The van der Waals surface area contributed by atoms with Crippen LogP contribution in [0.15, 0.2) is 18.2 Å². The Labute approximate surface area is 204 Å². The molecule has 0 radical (unpaired) electrons. The number of benzene rings is 1. The number of halogens is 1. The minimum absolute atomic E-state index is 0.0946. The van der Waals surface area contributed by atoms with Crippen LogP contribution in [0.5, 0.6) is 0 Å². The van der Waals surface area contributed by atoms with Crippen molar-refractivity contribution in [2.24, 2.45) is 46.3 Å². The van der Waals surface area contributed by atoms with Gasteiger partial charge in [-0.15, -0.1) is 0 Å². The zero-order valence-electron chi connectivity index (χ0n) is 21.2. The van der Waals surface area contributed by atoms with Crippen molar-refractivity contribution >= 4 is 17.2 Å². The van der Waals surface area contributed by atoms with Gasteiger partial charge in [0.25, 0.3) is 0 Å². The number of methoxy groups -OCH3 is 1. The maximum Gasteiger partial charge on any atom is 0.155 e. The lowest BCUT2D eigenvalue weighted by atomic mass is 9.44. The highest BCUT2D eigenvalue weighted by molar-refractivity contribution is 5.87. The first-order chi connectivity index (χ1) is 16.3. The third-order valence-electron chi connectivity index (χ3n) is 10.9. The van der Waals surface area contributed by atoms with E-state index in [2.05, 4.69) is 19.2 Å². The lowest BCUT2D eigenvalue weighted by molar-refractivity contribution is -0.154. The molecular weight excluding hydrogens is 427 g/mol. The van der Waals surface area contributed by atoms with Gasteiger partial charge in [-0.2, -0.15) is 0 Å². The summed E-state index contributed by atoms with van der Waals surface area (Å²) in [6.07, 6.45) is 11.3. The lowest BCUT2D eigenvalue weighted by Gasteiger charge is -2.62. The molecule has 4 saturated carbocycles. The number of carbonyl (C=O) groups is 1. The Balaban J connectivity index is 1.31. The molecule has 3 N–H and O–H groups in total. The Morgan fingerprint density at radius 2 is 1.97 bits per heavy atom. The number of anilines is 2. The fraction of sp³-hybridized carbons (Fsp3) is 0.759. The molecule has 4 aliphatic rings. The second-order valence-corrected chi connectivity index (χ2v) is 12.4. The molecule has 0 spiro atoms. The van der Waals surface area contributed by atoms with Crippen molar-refractivity contribution in [2.75, 3.05) is 31.3 Å². The number of rotatable bonds is 6. The highest BCUT2D eigenvalue weighted by atomic mass is 19.1. The van der Waals surface area contributed by atoms with E-state index >= 15 is 0 Å². The lowest BCUT2D eigenvalue weighted by Crippen LogP contribution is -2.56. The van der Waals surface area contributed by atoms with E-state index in [9.17, 15) is 9.18 Å². The van der Waals surface area contributed by atoms with Crippen molar-refractivity contribution in [3.63, 3.8) is 0 Å². The average molecular weight is 471 g/mol. The molecule has 0 aromatic heterocycles. The van der Waals surface area contributed by atoms with Crippen LogP contribution in [0.1, 0.15) is 71.6 Å². The quantitative estimate of drug-likeness (QED) is 0.478.